The van der Waals surface area contributed by atoms with Gasteiger partial charge in [-0.05, 0) is 87.4 Å². The molecule has 0 aliphatic heterocycles. The van der Waals surface area contributed by atoms with E-state index < -0.39 is 0 Å². The molecule has 0 amide bonds. The van der Waals surface area contributed by atoms with Crippen molar-refractivity contribution in [2.75, 3.05) is 7.11 Å². The normalized spacial score (nSPS) is 11.0. The standard InChI is InChI=1S/C32H22OS/c1-21-18-24-19-29-27(17-12-22-8-4-3-5-9-22)26-10-6-7-11-28(26)32(30(29)20-31(24)34-21)23-13-15-25(33-2)16-14-23/h3-11,13-16,18-20H,1-2H3. The monoisotopic (exact) mass is 454 g/mol. The lowest BCUT2D eigenvalue weighted by molar-refractivity contribution is 0.415. The molecule has 0 fully saturated rings. The zero-order valence-corrected chi connectivity index (χ0v) is 19.9. The number of hydrogen-bond donors (Lipinski definition) is 0. The van der Waals surface area contributed by atoms with Crippen LogP contribution in [0.5, 0.6) is 5.75 Å². The topological polar surface area (TPSA) is 9.23 Å². The highest BCUT2D eigenvalue weighted by atomic mass is 32.1. The van der Waals surface area contributed by atoms with Gasteiger partial charge >= 0.3 is 0 Å². The van der Waals surface area contributed by atoms with Crippen molar-refractivity contribution in [1.82, 2.24) is 0 Å². The fourth-order valence-corrected chi connectivity index (χ4v) is 5.65. The van der Waals surface area contributed by atoms with E-state index in [1.165, 1.54) is 47.6 Å². The number of benzene rings is 5. The molecule has 2 heteroatoms. The van der Waals surface area contributed by atoms with E-state index >= 15 is 0 Å². The van der Waals surface area contributed by atoms with Crippen molar-refractivity contribution in [3.05, 3.63) is 113 Å². The molecule has 0 saturated carbocycles. The summed E-state index contributed by atoms with van der Waals surface area (Å²) in [4.78, 5) is 1.32. The first-order valence-corrected chi connectivity index (χ1v) is 12.1. The molecule has 0 unspecified atom stereocenters. The molecule has 0 saturated heterocycles. The Bertz CT molecular complexity index is 1730. The van der Waals surface area contributed by atoms with Crippen LogP contribution in [-0.4, -0.2) is 7.11 Å². The van der Waals surface area contributed by atoms with Crippen molar-refractivity contribution in [3.8, 4) is 28.7 Å². The predicted molar refractivity (Wildman–Crippen MR) is 146 cm³/mol. The summed E-state index contributed by atoms with van der Waals surface area (Å²) in [7, 11) is 1.70. The first-order valence-electron chi connectivity index (χ1n) is 11.3. The SMILES string of the molecule is COc1ccc(-c2c3ccccc3c(C#Cc3ccccc3)c3cc4cc(C)sc4cc23)cc1. The Morgan fingerprint density at radius 3 is 2.18 bits per heavy atom. The van der Waals surface area contributed by atoms with E-state index in [4.69, 9.17) is 4.74 Å². The van der Waals surface area contributed by atoms with Gasteiger partial charge in [-0.1, -0.05) is 66.4 Å². The van der Waals surface area contributed by atoms with Gasteiger partial charge in [0.15, 0.2) is 0 Å². The van der Waals surface area contributed by atoms with Gasteiger partial charge in [0.25, 0.3) is 0 Å². The Morgan fingerprint density at radius 2 is 1.41 bits per heavy atom. The average Bonchev–Trinajstić information content (AvgIpc) is 3.25. The molecule has 0 radical (unpaired) electrons. The summed E-state index contributed by atoms with van der Waals surface area (Å²) in [6.45, 7) is 2.17. The molecule has 6 aromatic rings. The van der Waals surface area contributed by atoms with Crippen LogP contribution in [-0.2, 0) is 0 Å². The van der Waals surface area contributed by atoms with E-state index in [1.807, 2.05) is 41.7 Å². The third-order valence-electron chi connectivity index (χ3n) is 6.27. The Morgan fingerprint density at radius 1 is 0.676 bits per heavy atom. The van der Waals surface area contributed by atoms with E-state index in [1.54, 1.807) is 7.11 Å². The number of aryl methyl sites for hydroxylation is 1. The van der Waals surface area contributed by atoms with Crippen LogP contribution in [0, 0.1) is 18.8 Å². The van der Waals surface area contributed by atoms with Gasteiger partial charge in [-0.25, -0.2) is 0 Å². The van der Waals surface area contributed by atoms with Gasteiger partial charge in [-0.15, -0.1) is 11.3 Å². The summed E-state index contributed by atoms with van der Waals surface area (Å²) in [5.74, 6) is 7.82. The summed E-state index contributed by atoms with van der Waals surface area (Å²) in [6.07, 6.45) is 0. The van der Waals surface area contributed by atoms with Crippen molar-refractivity contribution in [2.45, 2.75) is 6.92 Å². The minimum Gasteiger partial charge on any atom is -0.497 e. The van der Waals surface area contributed by atoms with Crippen molar-refractivity contribution < 1.29 is 4.74 Å². The highest BCUT2D eigenvalue weighted by molar-refractivity contribution is 7.19. The molecule has 0 N–H and O–H groups in total. The second kappa shape index (κ2) is 8.37. The van der Waals surface area contributed by atoms with Gasteiger partial charge in [0, 0.05) is 20.7 Å². The van der Waals surface area contributed by atoms with Gasteiger partial charge in [-0.3, -0.25) is 0 Å². The molecule has 34 heavy (non-hydrogen) atoms. The van der Waals surface area contributed by atoms with E-state index in [2.05, 4.69) is 85.5 Å². The van der Waals surface area contributed by atoms with E-state index in [0.29, 0.717) is 0 Å². The van der Waals surface area contributed by atoms with Gasteiger partial charge < -0.3 is 4.74 Å². The predicted octanol–water partition coefficient (Wildman–Crippen LogP) is 8.59. The number of methoxy groups -OCH3 is 1. The van der Waals surface area contributed by atoms with Crippen LogP contribution in [0.4, 0.5) is 0 Å². The van der Waals surface area contributed by atoms with Crippen molar-refractivity contribution in [2.24, 2.45) is 0 Å². The zero-order chi connectivity index (χ0) is 23.1. The molecule has 0 aliphatic carbocycles. The molecule has 0 aliphatic rings. The minimum absolute atomic E-state index is 0.860. The molecule has 0 atom stereocenters. The minimum atomic E-state index is 0.860. The van der Waals surface area contributed by atoms with Crippen LogP contribution in [0.1, 0.15) is 16.0 Å². The first-order chi connectivity index (χ1) is 16.7. The van der Waals surface area contributed by atoms with Crippen LogP contribution < -0.4 is 4.74 Å². The highest BCUT2D eigenvalue weighted by Gasteiger charge is 2.16. The first kappa shape index (κ1) is 20.5. The maximum Gasteiger partial charge on any atom is 0.118 e. The molecular weight excluding hydrogens is 432 g/mol. The second-order valence-electron chi connectivity index (χ2n) is 8.43. The van der Waals surface area contributed by atoms with Crippen molar-refractivity contribution in [1.29, 1.82) is 0 Å². The largest absolute Gasteiger partial charge is 0.497 e. The molecule has 162 valence electrons. The molecule has 6 rings (SSSR count). The van der Waals surface area contributed by atoms with E-state index in [-0.39, 0.29) is 0 Å². The number of hydrogen-bond acceptors (Lipinski definition) is 2. The molecular formula is C32H22OS. The Balaban J connectivity index is 1.75. The van der Waals surface area contributed by atoms with Crippen molar-refractivity contribution in [3.63, 3.8) is 0 Å². The number of rotatable bonds is 2. The number of ether oxygens (including phenoxy) is 1. The second-order valence-corrected chi connectivity index (χ2v) is 9.72. The van der Waals surface area contributed by atoms with Crippen molar-refractivity contribution >= 4 is 43.0 Å². The summed E-state index contributed by atoms with van der Waals surface area (Å²) < 4.78 is 6.72. The van der Waals surface area contributed by atoms with Crippen LogP contribution in [0.3, 0.4) is 0 Å². The van der Waals surface area contributed by atoms with Crippen LogP contribution >= 0.6 is 11.3 Å². The zero-order valence-electron chi connectivity index (χ0n) is 19.1. The maximum atomic E-state index is 5.42. The lowest BCUT2D eigenvalue weighted by Crippen LogP contribution is -1.91. The van der Waals surface area contributed by atoms with Gasteiger partial charge in [0.05, 0.1) is 7.11 Å². The Labute approximate surface area is 203 Å². The average molecular weight is 455 g/mol. The van der Waals surface area contributed by atoms with Crippen LogP contribution in [0.2, 0.25) is 0 Å². The lowest BCUT2D eigenvalue weighted by Gasteiger charge is -2.15. The fraction of sp³-hybridized carbons (Fsp3) is 0.0625. The fourth-order valence-electron chi connectivity index (χ4n) is 4.70. The Kier molecular flexibility index (Phi) is 5.06. The lowest BCUT2D eigenvalue weighted by atomic mass is 9.88. The van der Waals surface area contributed by atoms with Gasteiger partial charge in [0.1, 0.15) is 5.75 Å². The quantitative estimate of drug-likeness (QED) is 0.188. The smallest absolute Gasteiger partial charge is 0.118 e. The third kappa shape index (κ3) is 3.52. The third-order valence-corrected chi connectivity index (χ3v) is 7.28. The van der Waals surface area contributed by atoms with Crippen LogP contribution in [0.15, 0.2) is 97.1 Å². The molecule has 1 heterocycles. The summed E-state index contributed by atoms with van der Waals surface area (Å²) in [5, 5.41) is 6.09. The number of fused-ring (bicyclic) bond motifs is 3. The number of thiophene rings is 1. The summed E-state index contributed by atoms with van der Waals surface area (Å²) in [5.41, 5.74) is 4.52. The Hall–Kier alpha value is -4.06. The molecule has 0 spiro atoms. The van der Waals surface area contributed by atoms with Crippen LogP contribution in [0.25, 0.3) is 42.8 Å². The molecule has 5 aromatic carbocycles. The summed E-state index contributed by atoms with van der Waals surface area (Å²) in [6, 6.07) is 34.2. The van der Waals surface area contributed by atoms with E-state index in [9.17, 15) is 0 Å². The van der Waals surface area contributed by atoms with Gasteiger partial charge in [-0.2, -0.15) is 0 Å². The molecule has 0 bridgehead atoms. The molecule has 1 aromatic heterocycles. The summed E-state index contributed by atoms with van der Waals surface area (Å²) >= 11 is 1.84. The van der Waals surface area contributed by atoms with E-state index in [0.717, 1.165) is 16.9 Å². The highest BCUT2D eigenvalue weighted by Crippen LogP contribution is 2.42. The van der Waals surface area contributed by atoms with Gasteiger partial charge in [0.2, 0.25) is 0 Å². The maximum absolute atomic E-state index is 5.42. The molecule has 1 nitrogen and oxygen atoms in total.